The van der Waals surface area contributed by atoms with E-state index in [0.717, 1.165) is 31.2 Å². The van der Waals surface area contributed by atoms with Gasteiger partial charge in [0.1, 0.15) is 0 Å². The molecule has 88 valence electrons. The molecular formula is C12H19N3O. The Hall–Kier alpha value is -0.900. The summed E-state index contributed by atoms with van der Waals surface area (Å²) in [4.78, 5) is 4.60. The van der Waals surface area contributed by atoms with E-state index in [2.05, 4.69) is 15.5 Å². The molecule has 0 radical (unpaired) electrons. The van der Waals surface area contributed by atoms with Crippen molar-refractivity contribution < 1.29 is 4.52 Å². The van der Waals surface area contributed by atoms with Gasteiger partial charge in [-0.3, -0.25) is 0 Å². The van der Waals surface area contributed by atoms with Crippen molar-refractivity contribution in [1.82, 2.24) is 15.5 Å². The lowest BCUT2D eigenvalue weighted by atomic mass is 9.89. The molecule has 1 saturated heterocycles. The topological polar surface area (TPSA) is 51.0 Å². The van der Waals surface area contributed by atoms with E-state index in [0.29, 0.717) is 11.8 Å². The Morgan fingerprint density at radius 3 is 2.69 bits per heavy atom. The van der Waals surface area contributed by atoms with E-state index in [9.17, 15) is 0 Å². The van der Waals surface area contributed by atoms with Crippen molar-refractivity contribution in [2.45, 2.75) is 50.4 Å². The molecule has 0 spiro atoms. The van der Waals surface area contributed by atoms with Crippen molar-refractivity contribution in [3.63, 3.8) is 0 Å². The molecule has 2 aliphatic rings. The van der Waals surface area contributed by atoms with Crippen LogP contribution in [-0.2, 0) is 0 Å². The largest absolute Gasteiger partial charge is 0.339 e. The maximum absolute atomic E-state index is 5.40. The van der Waals surface area contributed by atoms with Crippen LogP contribution in [-0.4, -0.2) is 23.2 Å². The summed E-state index contributed by atoms with van der Waals surface area (Å²) >= 11 is 0. The lowest BCUT2D eigenvalue weighted by molar-refractivity contribution is 0.344. The van der Waals surface area contributed by atoms with Gasteiger partial charge in [-0.2, -0.15) is 4.98 Å². The van der Waals surface area contributed by atoms with Crippen LogP contribution in [0.4, 0.5) is 0 Å². The first-order valence-corrected chi connectivity index (χ1v) is 6.47. The van der Waals surface area contributed by atoms with Gasteiger partial charge in [-0.1, -0.05) is 24.4 Å². The first kappa shape index (κ1) is 10.3. The maximum atomic E-state index is 5.40. The van der Waals surface area contributed by atoms with Crippen LogP contribution in [0.5, 0.6) is 0 Å². The molecule has 0 amide bonds. The highest BCUT2D eigenvalue weighted by atomic mass is 16.5. The van der Waals surface area contributed by atoms with Gasteiger partial charge in [0.15, 0.2) is 5.82 Å². The lowest BCUT2D eigenvalue weighted by Crippen LogP contribution is -2.09. The van der Waals surface area contributed by atoms with Gasteiger partial charge >= 0.3 is 0 Å². The van der Waals surface area contributed by atoms with Crippen LogP contribution in [0.25, 0.3) is 0 Å². The van der Waals surface area contributed by atoms with Crippen molar-refractivity contribution in [3.05, 3.63) is 11.7 Å². The molecular weight excluding hydrogens is 202 g/mol. The van der Waals surface area contributed by atoms with Gasteiger partial charge in [0.2, 0.25) is 5.89 Å². The molecule has 16 heavy (non-hydrogen) atoms. The fraction of sp³-hybridized carbons (Fsp3) is 0.833. The molecule has 1 aromatic rings. The Bertz CT molecular complexity index is 338. The second-order valence-corrected chi connectivity index (χ2v) is 5.02. The lowest BCUT2D eigenvalue weighted by Gasteiger charge is -2.17. The van der Waals surface area contributed by atoms with Crippen LogP contribution in [0, 0.1) is 0 Å². The van der Waals surface area contributed by atoms with Gasteiger partial charge in [0, 0.05) is 12.5 Å². The third-order valence-corrected chi connectivity index (χ3v) is 3.84. The van der Waals surface area contributed by atoms with Crippen LogP contribution in [0.2, 0.25) is 0 Å². The van der Waals surface area contributed by atoms with Crippen LogP contribution in [0.15, 0.2) is 4.52 Å². The third kappa shape index (κ3) is 1.98. The minimum absolute atomic E-state index is 0.449. The van der Waals surface area contributed by atoms with E-state index >= 15 is 0 Å². The van der Waals surface area contributed by atoms with Crippen molar-refractivity contribution in [2.24, 2.45) is 0 Å². The Labute approximate surface area is 95.8 Å². The van der Waals surface area contributed by atoms with E-state index in [-0.39, 0.29) is 0 Å². The molecule has 2 heterocycles. The van der Waals surface area contributed by atoms with E-state index in [1.54, 1.807) is 0 Å². The van der Waals surface area contributed by atoms with Gasteiger partial charge in [0.05, 0.1) is 5.92 Å². The zero-order chi connectivity index (χ0) is 10.8. The van der Waals surface area contributed by atoms with Gasteiger partial charge in [-0.15, -0.1) is 0 Å². The van der Waals surface area contributed by atoms with Crippen molar-refractivity contribution >= 4 is 0 Å². The molecule has 1 aromatic heterocycles. The number of rotatable bonds is 2. The van der Waals surface area contributed by atoms with Crippen molar-refractivity contribution in [3.8, 4) is 0 Å². The summed E-state index contributed by atoms with van der Waals surface area (Å²) in [6, 6.07) is 0. The van der Waals surface area contributed by atoms with Crippen molar-refractivity contribution in [1.29, 1.82) is 0 Å². The summed E-state index contributed by atoms with van der Waals surface area (Å²) in [5.41, 5.74) is 0. The third-order valence-electron chi connectivity index (χ3n) is 3.84. The van der Waals surface area contributed by atoms with Crippen molar-refractivity contribution in [2.75, 3.05) is 13.1 Å². The molecule has 1 saturated carbocycles. The van der Waals surface area contributed by atoms with Gasteiger partial charge in [-0.25, -0.2) is 0 Å². The Morgan fingerprint density at radius 1 is 1.06 bits per heavy atom. The number of aromatic nitrogens is 2. The predicted octanol–water partition coefficient (Wildman–Crippen LogP) is 2.19. The fourth-order valence-corrected chi connectivity index (χ4v) is 2.81. The Balaban J connectivity index is 1.71. The maximum Gasteiger partial charge on any atom is 0.231 e. The molecule has 1 aliphatic heterocycles. The smallest absolute Gasteiger partial charge is 0.231 e. The summed E-state index contributed by atoms with van der Waals surface area (Å²) in [5.74, 6) is 2.82. The average Bonchev–Trinajstić information content (AvgIpc) is 3.01. The Kier molecular flexibility index (Phi) is 2.91. The summed E-state index contributed by atoms with van der Waals surface area (Å²) in [7, 11) is 0. The number of hydrogen-bond acceptors (Lipinski definition) is 4. The second kappa shape index (κ2) is 4.53. The predicted molar refractivity (Wildman–Crippen MR) is 60.4 cm³/mol. The van der Waals surface area contributed by atoms with E-state index in [1.807, 2.05) is 0 Å². The van der Waals surface area contributed by atoms with Crippen LogP contribution >= 0.6 is 0 Å². The normalized spacial score (nSPS) is 27.4. The molecule has 0 unspecified atom stereocenters. The standard InChI is InChI=1S/C12H19N3O/c1-2-4-9(5-3-1)11-14-12(16-15-11)10-6-7-13-8-10/h9-10,13H,1-8H2/t10-/m1/s1. The number of nitrogens with zero attached hydrogens (tertiary/aromatic N) is 2. The zero-order valence-corrected chi connectivity index (χ0v) is 9.61. The number of hydrogen-bond donors (Lipinski definition) is 1. The molecule has 0 aromatic carbocycles. The van der Waals surface area contributed by atoms with Crippen LogP contribution in [0.1, 0.15) is 62.1 Å². The SMILES string of the molecule is C1CCC(c2noc([C@@H]3CCNC3)n2)CC1. The molecule has 0 bridgehead atoms. The minimum Gasteiger partial charge on any atom is -0.339 e. The molecule has 4 nitrogen and oxygen atoms in total. The highest BCUT2D eigenvalue weighted by molar-refractivity contribution is 5.02. The average molecular weight is 221 g/mol. The first-order valence-electron chi connectivity index (χ1n) is 6.47. The van der Waals surface area contributed by atoms with Gasteiger partial charge in [0.25, 0.3) is 0 Å². The quantitative estimate of drug-likeness (QED) is 0.831. The summed E-state index contributed by atoms with van der Waals surface area (Å²) in [6.45, 7) is 2.07. The van der Waals surface area contributed by atoms with Gasteiger partial charge in [-0.05, 0) is 25.8 Å². The first-order chi connectivity index (χ1) is 7.93. The monoisotopic (exact) mass is 221 g/mol. The van der Waals surface area contributed by atoms with E-state index in [4.69, 9.17) is 4.52 Å². The number of nitrogens with one attached hydrogen (secondary N) is 1. The molecule has 1 aliphatic carbocycles. The minimum atomic E-state index is 0.449. The van der Waals surface area contributed by atoms with Crippen LogP contribution < -0.4 is 5.32 Å². The zero-order valence-electron chi connectivity index (χ0n) is 9.61. The molecule has 1 N–H and O–H groups in total. The summed E-state index contributed by atoms with van der Waals surface area (Å²) < 4.78 is 5.40. The van der Waals surface area contributed by atoms with Crippen LogP contribution in [0.3, 0.4) is 0 Å². The van der Waals surface area contributed by atoms with E-state index < -0.39 is 0 Å². The molecule has 3 rings (SSSR count). The molecule has 2 fully saturated rings. The van der Waals surface area contributed by atoms with Gasteiger partial charge < -0.3 is 9.84 Å². The fourth-order valence-electron chi connectivity index (χ4n) is 2.81. The van der Waals surface area contributed by atoms with E-state index in [1.165, 1.54) is 32.1 Å². The molecule has 1 atom stereocenters. The second-order valence-electron chi connectivity index (χ2n) is 5.02. The Morgan fingerprint density at radius 2 is 1.94 bits per heavy atom. The highest BCUT2D eigenvalue weighted by Gasteiger charge is 2.26. The summed E-state index contributed by atoms with van der Waals surface area (Å²) in [6.07, 6.45) is 7.61. The molecule has 4 heteroatoms. The summed E-state index contributed by atoms with van der Waals surface area (Å²) in [5, 5.41) is 7.50. The highest BCUT2D eigenvalue weighted by Crippen LogP contribution is 2.32.